The molecule has 94 valence electrons. The van der Waals surface area contributed by atoms with E-state index < -0.39 is 17.2 Å². The van der Waals surface area contributed by atoms with Crippen molar-refractivity contribution in [1.29, 1.82) is 0 Å². The molecule has 1 aliphatic carbocycles. The second-order valence-electron chi connectivity index (χ2n) is 5.92. The van der Waals surface area contributed by atoms with Crippen LogP contribution < -0.4 is 5.73 Å². The zero-order valence-corrected chi connectivity index (χ0v) is 10.4. The molecule has 0 bridgehead atoms. The molecular weight excluding hydrogens is 220 g/mol. The third kappa shape index (κ3) is 2.34. The van der Waals surface area contributed by atoms with Crippen molar-refractivity contribution >= 4 is 0 Å². The second-order valence-corrected chi connectivity index (χ2v) is 5.92. The Kier molecular flexibility index (Phi) is 2.98. The van der Waals surface area contributed by atoms with E-state index in [1.54, 1.807) is 0 Å². The molecule has 1 aliphatic rings. The van der Waals surface area contributed by atoms with Crippen molar-refractivity contribution in [2.45, 2.75) is 45.1 Å². The SMILES string of the molecule is CC1(C)CCC(N)(c2c(F)cccc2F)CC1. The van der Waals surface area contributed by atoms with Gasteiger partial charge in [-0.25, -0.2) is 8.78 Å². The molecule has 0 aliphatic heterocycles. The maximum atomic E-state index is 13.8. The summed E-state index contributed by atoms with van der Waals surface area (Å²) in [7, 11) is 0. The minimum atomic E-state index is -0.842. The molecule has 0 aromatic heterocycles. The highest BCUT2D eigenvalue weighted by atomic mass is 19.1. The van der Waals surface area contributed by atoms with E-state index in [0.29, 0.717) is 12.8 Å². The van der Waals surface area contributed by atoms with Gasteiger partial charge in [-0.05, 0) is 43.2 Å². The largest absolute Gasteiger partial charge is 0.321 e. The van der Waals surface area contributed by atoms with Gasteiger partial charge in [0.15, 0.2) is 0 Å². The van der Waals surface area contributed by atoms with Crippen LogP contribution in [0.15, 0.2) is 18.2 Å². The van der Waals surface area contributed by atoms with Gasteiger partial charge in [-0.2, -0.15) is 0 Å². The zero-order valence-electron chi connectivity index (χ0n) is 10.4. The van der Waals surface area contributed by atoms with Gasteiger partial charge >= 0.3 is 0 Å². The third-order valence-corrected chi connectivity index (χ3v) is 3.96. The Morgan fingerprint density at radius 1 is 1.00 bits per heavy atom. The first-order chi connectivity index (χ1) is 7.84. The second kappa shape index (κ2) is 4.05. The Balaban J connectivity index is 2.34. The lowest BCUT2D eigenvalue weighted by Crippen LogP contribution is -2.43. The van der Waals surface area contributed by atoms with Crippen LogP contribution in [0.25, 0.3) is 0 Å². The molecule has 0 heterocycles. The molecule has 0 amide bonds. The predicted octanol–water partition coefficient (Wildman–Crippen LogP) is 3.72. The number of rotatable bonds is 1. The average molecular weight is 239 g/mol. The topological polar surface area (TPSA) is 26.0 Å². The Hall–Kier alpha value is -0.960. The van der Waals surface area contributed by atoms with Crippen LogP contribution in [0.1, 0.15) is 45.1 Å². The summed E-state index contributed by atoms with van der Waals surface area (Å²) < 4.78 is 27.5. The van der Waals surface area contributed by atoms with Crippen molar-refractivity contribution in [3.05, 3.63) is 35.4 Å². The fourth-order valence-electron chi connectivity index (χ4n) is 2.60. The monoisotopic (exact) mass is 239 g/mol. The third-order valence-electron chi connectivity index (χ3n) is 3.96. The highest BCUT2D eigenvalue weighted by Gasteiger charge is 2.39. The van der Waals surface area contributed by atoms with E-state index in [1.165, 1.54) is 18.2 Å². The van der Waals surface area contributed by atoms with E-state index in [4.69, 9.17) is 5.73 Å². The molecule has 0 unspecified atom stereocenters. The van der Waals surface area contributed by atoms with Gasteiger partial charge in [0.25, 0.3) is 0 Å². The summed E-state index contributed by atoms with van der Waals surface area (Å²) in [5.41, 5.74) is 5.67. The molecule has 2 N–H and O–H groups in total. The van der Waals surface area contributed by atoms with Gasteiger partial charge in [0.2, 0.25) is 0 Å². The standard InChI is InChI=1S/C14H19F2N/c1-13(2)6-8-14(17,9-7-13)12-10(15)4-3-5-11(12)16/h3-5H,6-9,17H2,1-2H3. The van der Waals surface area contributed by atoms with Gasteiger partial charge in [-0.1, -0.05) is 19.9 Å². The molecule has 0 atom stereocenters. The van der Waals surface area contributed by atoms with E-state index in [-0.39, 0.29) is 11.0 Å². The van der Waals surface area contributed by atoms with Gasteiger partial charge in [-0.15, -0.1) is 0 Å². The molecule has 0 spiro atoms. The minimum Gasteiger partial charge on any atom is -0.321 e. The summed E-state index contributed by atoms with van der Waals surface area (Å²) >= 11 is 0. The lowest BCUT2D eigenvalue weighted by Gasteiger charge is -2.41. The lowest BCUT2D eigenvalue weighted by molar-refractivity contribution is 0.159. The van der Waals surface area contributed by atoms with Crippen LogP contribution in [0.5, 0.6) is 0 Å². The Morgan fingerprint density at radius 3 is 1.94 bits per heavy atom. The van der Waals surface area contributed by atoms with Crippen LogP contribution in [0.3, 0.4) is 0 Å². The average Bonchev–Trinajstić information content (AvgIpc) is 2.23. The Labute approximate surface area is 101 Å². The molecular formula is C14H19F2N. The fourth-order valence-corrected chi connectivity index (χ4v) is 2.60. The first kappa shape index (κ1) is 12.5. The van der Waals surface area contributed by atoms with Gasteiger partial charge in [0, 0.05) is 11.1 Å². The lowest BCUT2D eigenvalue weighted by atomic mass is 9.67. The number of hydrogen-bond donors (Lipinski definition) is 1. The van der Waals surface area contributed by atoms with Crippen molar-refractivity contribution in [3.8, 4) is 0 Å². The molecule has 1 aromatic carbocycles. The van der Waals surface area contributed by atoms with Crippen molar-refractivity contribution in [2.75, 3.05) is 0 Å². The Bertz CT molecular complexity index is 396. The van der Waals surface area contributed by atoms with Crippen LogP contribution in [-0.4, -0.2) is 0 Å². The number of nitrogens with two attached hydrogens (primary N) is 1. The first-order valence-electron chi connectivity index (χ1n) is 6.07. The molecule has 1 nitrogen and oxygen atoms in total. The number of halogens is 2. The molecule has 3 heteroatoms. The normalized spacial score (nSPS) is 22.4. The van der Waals surface area contributed by atoms with Gasteiger partial charge < -0.3 is 5.73 Å². The number of benzene rings is 1. The van der Waals surface area contributed by atoms with Crippen LogP contribution in [0, 0.1) is 17.0 Å². The summed E-state index contributed by atoms with van der Waals surface area (Å²) in [4.78, 5) is 0. The van der Waals surface area contributed by atoms with E-state index >= 15 is 0 Å². The van der Waals surface area contributed by atoms with E-state index in [1.807, 2.05) is 0 Å². The molecule has 1 saturated carbocycles. The highest BCUT2D eigenvalue weighted by molar-refractivity contribution is 5.28. The molecule has 2 rings (SSSR count). The van der Waals surface area contributed by atoms with Crippen LogP contribution in [0.2, 0.25) is 0 Å². The fraction of sp³-hybridized carbons (Fsp3) is 0.571. The summed E-state index contributed by atoms with van der Waals surface area (Å²) in [6.07, 6.45) is 3.07. The molecule has 1 fully saturated rings. The summed E-state index contributed by atoms with van der Waals surface area (Å²) in [5, 5.41) is 0. The molecule has 0 radical (unpaired) electrons. The molecule has 17 heavy (non-hydrogen) atoms. The van der Waals surface area contributed by atoms with Crippen LogP contribution >= 0.6 is 0 Å². The molecule has 0 saturated heterocycles. The van der Waals surface area contributed by atoms with Gasteiger partial charge in [0.1, 0.15) is 11.6 Å². The minimum absolute atomic E-state index is 0.0653. The predicted molar refractivity (Wildman–Crippen MR) is 64.5 cm³/mol. The van der Waals surface area contributed by atoms with E-state index in [2.05, 4.69) is 13.8 Å². The quantitative estimate of drug-likeness (QED) is 0.794. The highest BCUT2D eigenvalue weighted by Crippen LogP contribution is 2.44. The van der Waals surface area contributed by atoms with Crippen molar-refractivity contribution in [2.24, 2.45) is 11.1 Å². The van der Waals surface area contributed by atoms with Gasteiger partial charge in [-0.3, -0.25) is 0 Å². The van der Waals surface area contributed by atoms with Crippen LogP contribution in [0.4, 0.5) is 8.78 Å². The van der Waals surface area contributed by atoms with Gasteiger partial charge in [0.05, 0.1) is 0 Å². The van der Waals surface area contributed by atoms with E-state index in [0.717, 1.165) is 12.8 Å². The summed E-state index contributed by atoms with van der Waals surface area (Å²) in [6, 6.07) is 3.95. The maximum absolute atomic E-state index is 13.8. The Morgan fingerprint density at radius 2 is 1.47 bits per heavy atom. The molecule has 1 aromatic rings. The number of hydrogen-bond acceptors (Lipinski definition) is 1. The van der Waals surface area contributed by atoms with Crippen molar-refractivity contribution in [1.82, 2.24) is 0 Å². The van der Waals surface area contributed by atoms with Crippen molar-refractivity contribution < 1.29 is 8.78 Å². The summed E-state index contributed by atoms with van der Waals surface area (Å²) in [6.45, 7) is 4.34. The summed E-state index contributed by atoms with van der Waals surface area (Å²) in [5.74, 6) is -1.04. The maximum Gasteiger partial charge on any atom is 0.131 e. The van der Waals surface area contributed by atoms with E-state index in [9.17, 15) is 8.78 Å². The first-order valence-corrected chi connectivity index (χ1v) is 6.07. The smallest absolute Gasteiger partial charge is 0.131 e. The zero-order chi connectivity index (χ0) is 12.7. The van der Waals surface area contributed by atoms with Crippen molar-refractivity contribution in [3.63, 3.8) is 0 Å². The van der Waals surface area contributed by atoms with Crippen LogP contribution in [-0.2, 0) is 5.54 Å².